The molecule has 2 aromatic carbocycles. The highest BCUT2D eigenvalue weighted by Gasteiger charge is 2.21. The lowest BCUT2D eigenvalue weighted by Gasteiger charge is -2.15. The van der Waals surface area contributed by atoms with Crippen molar-refractivity contribution in [3.63, 3.8) is 0 Å². The topological polar surface area (TPSA) is 128 Å². The molecule has 9 heteroatoms. The van der Waals surface area contributed by atoms with Crippen LogP contribution in [0.3, 0.4) is 0 Å². The number of amides is 1. The number of fused-ring (bicyclic) bond motifs is 1. The van der Waals surface area contributed by atoms with Gasteiger partial charge in [-0.05, 0) is 37.6 Å². The predicted octanol–water partition coefficient (Wildman–Crippen LogP) is 3.34. The van der Waals surface area contributed by atoms with Crippen molar-refractivity contribution in [2.75, 3.05) is 0 Å². The van der Waals surface area contributed by atoms with Gasteiger partial charge in [0.2, 0.25) is 10.0 Å². The fraction of sp³-hybridized carbons (Fsp3) is 0.136. The van der Waals surface area contributed by atoms with Crippen molar-refractivity contribution >= 4 is 27.0 Å². The number of hydrogen-bond donors (Lipinski definition) is 2. The van der Waals surface area contributed by atoms with Crippen LogP contribution in [0.1, 0.15) is 34.6 Å². The van der Waals surface area contributed by atoms with E-state index >= 15 is 0 Å². The summed E-state index contributed by atoms with van der Waals surface area (Å²) in [7, 11) is -3.78. The zero-order chi connectivity index (χ0) is 22.2. The van der Waals surface area contributed by atoms with Crippen LogP contribution in [0.5, 0.6) is 0 Å². The summed E-state index contributed by atoms with van der Waals surface area (Å²) in [6.07, 6.45) is 0. The molecule has 8 nitrogen and oxygen atoms in total. The fourth-order valence-corrected chi connectivity index (χ4v) is 3.85. The number of sulfonamides is 1. The molecule has 1 atom stereocenters. The molecule has 0 spiro atoms. The van der Waals surface area contributed by atoms with Crippen molar-refractivity contribution < 1.29 is 17.7 Å². The number of pyridine rings is 1. The molecule has 0 saturated heterocycles. The van der Waals surface area contributed by atoms with Crippen LogP contribution in [0.2, 0.25) is 0 Å². The number of carbonyl (C=O) groups is 1. The third kappa shape index (κ3) is 4.18. The molecule has 0 saturated carbocycles. The van der Waals surface area contributed by atoms with E-state index in [0.29, 0.717) is 22.3 Å². The Balaban J connectivity index is 1.68. The van der Waals surface area contributed by atoms with Crippen LogP contribution in [0, 0.1) is 6.92 Å². The van der Waals surface area contributed by atoms with Gasteiger partial charge < -0.3 is 9.84 Å². The van der Waals surface area contributed by atoms with Crippen LogP contribution < -0.4 is 10.5 Å². The molecular weight excluding hydrogens is 416 g/mol. The number of primary sulfonamides is 1. The molecule has 1 amide bonds. The highest BCUT2D eigenvalue weighted by Crippen LogP contribution is 2.27. The van der Waals surface area contributed by atoms with E-state index in [2.05, 4.69) is 15.5 Å². The van der Waals surface area contributed by atoms with E-state index in [0.717, 1.165) is 11.1 Å². The first-order valence-corrected chi connectivity index (χ1v) is 11.0. The highest BCUT2D eigenvalue weighted by molar-refractivity contribution is 7.89. The number of nitrogens with zero attached hydrogens (tertiary/aromatic N) is 2. The van der Waals surface area contributed by atoms with Gasteiger partial charge in [0.1, 0.15) is 0 Å². The van der Waals surface area contributed by atoms with E-state index < -0.39 is 10.0 Å². The normalized spacial score (nSPS) is 12.6. The Bertz CT molecular complexity index is 1360. The largest absolute Gasteiger partial charge is 0.345 e. The maximum atomic E-state index is 13.2. The van der Waals surface area contributed by atoms with Crippen molar-refractivity contribution in [1.29, 1.82) is 0 Å². The maximum absolute atomic E-state index is 13.2. The van der Waals surface area contributed by atoms with Gasteiger partial charge in [-0.15, -0.1) is 0 Å². The van der Waals surface area contributed by atoms with E-state index in [4.69, 9.17) is 9.66 Å². The van der Waals surface area contributed by atoms with Gasteiger partial charge in [0.15, 0.2) is 0 Å². The van der Waals surface area contributed by atoms with Gasteiger partial charge in [-0.1, -0.05) is 47.6 Å². The van der Waals surface area contributed by atoms with Gasteiger partial charge in [0, 0.05) is 5.56 Å². The summed E-state index contributed by atoms with van der Waals surface area (Å²) >= 11 is 0. The highest BCUT2D eigenvalue weighted by atomic mass is 32.2. The van der Waals surface area contributed by atoms with E-state index in [-0.39, 0.29) is 22.6 Å². The number of carbonyl (C=O) groups excluding carboxylic acids is 1. The van der Waals surface area contributed by atoms with Gasteiger partial charge in [-0.2, -0.15) is 0 Å². The molecule has 3 N–H and O–H groups in total. The van der Waals surface area contributed by atoms with Crippen LogP contribution in [-0.4, -0.2) is 24.5 Å². The molecule has 2 heterocycles. The summed E-state index contributed by atoms with van der Waals surface area (Å²) in [5.74, 6) is -0.320. The molecule has 4 rings (SSSR count). The summed E-state index contributed by atoms with van der Waals surface area (Å²) in [5, 5.41) is 12.6. The molecule has 0 fully saturated rings. The van der Waals surface area contributed by atoms with Gasteiger partial charge in [0.25, 0.3) is 11.6 Å². The van der Waals surface area contributed by atoms with Crippen LogP contribution in [0.25, 0.3) is 22.4 Å². The minimum Gasteiger partial charge on any atom is -0.345 e. The van der Waals surface area contributed by atoms with E-state index in [1.54, 1.807) is 32.0 Å². The molecular formula is C22H20N4O4S. The predicted molar refractivity (Wildman–Crippen MR) is 116 cm³/mol. The van der Waals surface area contributed by atoms with Crippen LogP contribution in [0.4, 0.5) is 0 Å². The number of aryl methyl sites for hydroxylation is 1. The van der Waals surface area contributed by atoms with Gasteiger partial charge >= 0.3 is 0 Å². The van der Waals surface area contributed by atoms with E-state index in [9.17, 15) is 13.2 Å². The molecule has 2 aromatic heterocycles. The van der Waals surface area contributed by atoms with E-state index in [1.165, 1.54) is 12.1 Å². The number of rotatable bonds is 5. The molecule has 31 heavy (non-hydrogen) atoms. The van der Waals surface area contributed by atoms with Gasteiger partial charge in [-0.3, -0.25) is 4.79 Å². The lowest BCUT2D eigenvalue weighted by Crippen LogP contribution is -2.27. The molecule has 1 unspecified atom stereocenters. The number of benzene rings is 2. The Morgan fingerprint density at radius 2 is 1.77 bits per heavy atom. The molecule has 0 radical (unpaired) electrons. The zero-order valence-electron chi connectivity index (χ0n) is 16.9. The summed E-state index contributed by atoms with van der Waals surface area (Å²) < 4.78 is 28.2. The summed E-state index contributed by atoms with van der Waals surface area (Å²) in [6.45, 7) is 3.56. The Morgan fingerprint density at radius 3 is 2.42 bits per heavy atom. The Labute approximate surface area is 179 Å². The second-order valence-corrected chi connectivity index (χ2v) is 8.74. The van der Waals surface area contributed by atoms with Crippen LogP contribution in [0.15, 0.2) is 70.1 Å². The number of nitrogens with two attached hydrogens (primary N) is 1. The molecule has 0 bridgehead atoms. The second-order valence-electron chi connectivity index (χ2n) is 7.18. The second kappa shape index (κ2) is 7.93. The van der Waals surface area contributed by atoms with Crippen LogP contribution >= 0.6 is 0 Å². The first kappa shape index (κ1) is 20.7. The van der Waals surface area contributed by atoms with Crippen molar-refractivity contribution in [3.05, 3.63) is 77.5 Å². The summed E-state index contributed by atoms with van der Waals surface area (Å²) in [4.78, 5) is 17.7. The standard InChI is InChI=1S/C22H20N4O4S/c1-13(15-8-10-17(11-9-15)31(23,28)29)24-21(27)18-12-19(16-6-4-3-5-7-16)25-22-20(18)14(2)26-30-22/h3-13H,1-2H3,(H,24,27)(H2,23,28,29). The third-order valence-corrected chi connectivity index (χ3v) is 5.92. The first-order valence-electron chi connectivity index (χ1n) is 9.50. The maximum Gasteiger partial charge on any atom is 0.259 e. The Hall–Kier alpha value is -3.56. The zero-order valence-corrected chi connectivity index (χ0v) is 17.7. The SMILES string of the molecule is Cc1noc2nc(-c3ccccc3)cc(C(=O)NC(C)c3ccc(S(N)(=O)=O)cc3)c12. The van der Waals surface area contributed by atoms with Crippen molar-refractivity contribution in [1.82, 2.24) is 15.5 Å². The first-order chi connectivity index (χ1) is 14.7. The van der Waals surface area contributed by atoms with Crippen molar-refractivity contribution in [2.24, 2.45) is 5.14 Å². The lowest BCUT2D eigenvalue weighted by molar-refractivity contribution is 0.0941. The van der Waals surface area contributed by atoms with Crippen molar-refractivity contribution in [2.45, 2.75) is 24.8 Å². The van der Waals surface area contributed by atoms with Crippen LogP contribution in [-0.2, 0) is 10.0 Å². The van der Waals surface area contributed by atoms with E-state index in [1.807, 2.05) is 30.3 Å². The average Bonchev–Trinajstić information content (AvgIpc) is 3.14. The number of hydrogen-bond acceptors (Lipinski definition) is 6. The monoisotopic (exact) mass is 436 g/mol. The number of nitrogens with one attached hydrogen (secondary N) is 1. The molecule has 158 valence electrons. The minimum atomic E-state index is -3.78. The lowest BCUT2D eigenvalue weighted by atomic mass is 10.0. The molecule has 0 aliphatic carbocycles. The minimum absolute atomic E-state index is 0.0122. The summed E-state index contributed by atoms with van der Waals surface area (Å²) in [6, 6.07) is 16.9. The number of aromatic nitrogens is 2. The van der Waals surface area contributed by atoms with Gasteiger partial charge in [-0.25, -0.2) is 18.5 Å². The Morgan fingerprint density at radius 1 is 1.10 bits per heavy atom. The third-order valence-electron chi connectivity index (χ3n) is 4.99. The smallest absolute Gasteiger partial charge is 0.259 e. The Kier molecular flexibility index (Phi) is 5.30. The van der Waals surface area contributed by atoms with Gasteiger partial charge in [0.05, 0.1) is 33.3 Å². The molecule has 4 aromatic rings. The molecule has 0 aliphatic rings. The van der Waals surface area contributed by atoms with Crippen molar-refractivity contribution in [3.8, 4) is 11.3 Å². The molecule has 0 aliphatic heterocycles. The average molecular weight is 436 g/mol. The fourth-order valence-electron chi connectivity index (χ4n) is 3.33. The summed E-state index contributed by atoms with van der Waals surface area (Å²) in [5.41, 5.74) is 3.43. The quantitative estimate of drug-likeness (QED) is 0.494.